The van der Waals surface area contributed by atoms with Gasteiger partial charge < -0.3 is 9.13 Å². The quantitative estimate of drug-likeness (QED) is 0.691. The largest absolute Gasteiger partial charge is 0.316 e. The van der Waals surface area contributed by atoms with E-state index < -0.39 is 8.40 Å². The first-order chi connectivity index (χ1) is 8.10. The molecule has 0 aromatic carbocycles. The Kier molecular flexibility index (Phi) is 4.32. The number of hydrogen-bond donors (Lipinski definition) is 0. The Balaban J connectivity index is 2.30. The van der Waals surface area contributed by atoms with Gasteiger partial charge in [0.2, 0.25) is 8.40 Å². The molecule has 0 aliphatic heterocycles. The summed E-state index contributed by atoms with van der Waals surface area (Å²) in [6.45, 7) is 0. The SMILES string of the molecule is CN(C)[Si]([C]1[CH][CH][CH][CH]1)([C]1[CH][CH][CH][CH]1)N(C)C. The van der Waals surface area contributed by atoms with E-state index in [1.165, 1.54) is 11.1 Å². The predicted molar refractivity (Wildman–Crippen MR) is 74.0 cm³/mol. The molecule has 0 bridgehead atoms. The zero-order valence-corrected chi connectivity index (χ0v) is 12.0. The van der Waals surface area contributed by atoms with Gasteiger partial charge in [0.05, 0.1) is 0 Å². The average Bonchev–Trinajstić information content (AvgIpc) is 2.88. The van der Waals surface area contributed by atoms with Crippen LogP contribution in [0.5, 0.6) is 0 Å². The molecular weight excluding hydrogens is 224 g/mol. The van der Waals surface area contributed by atoms with Gasteiger partial charge in [0.15, 0.2) is 0 Å². The van der Waals surface area contributed by atoms with Crippen molar-refractivity contribution in [2.24, 2.45) is 0 Å². The Morgan fingerprint density at radius 1 is 0.647 bits per heavy atom. The Morgan fingerprint density at radius 2 is 0.941 bits per heavy atom. The lowest BCUT2D eigenvalue weighted by Gasteiger charge is -2.50. The van der Waals surface area contributed by atoms with Crippen LogP contribution in [0.1, 0.15) is 0 Å². The summed E-state index contributed by atoms with van der Waals surface area (Å²) >= 11 is 0. The molecule has 0 aromatic heterocycles. The van der Waals surface area contributed by atoms with Crippen molar-refractivity contribution < 1.29 is 0 Å². The van der Waals surface area contributed by atoms with E-state index in [0.29, 0.717) is 0 Å². The first-order valence-corrected chi connectivity index (χ1v) is 7.79. The monoisotopic (exact) mass is 244 g/mol. The van der Waals surface area contributed by atoms with Crippen molar-refractivity contribution in [1.29, 1.82) is 0 Å². The first-order valence-electron chi connectivity index (χ1n) is 5.89. The van der Waals surface area contributed by atoms with E-state index in [1.807, 2.05) is 0 Å². The highest BCUT2D eigenvalue weighted by molar-refractivity contribution is 6.86. The summed E-state index contributed by atoms with van der Waals surface area (Å²) in [5.41, 5.74) is 2.89. The lowest BCUT2D eigenvalue weighted by atomic mass is 10.3. The molecule has 10 radical (unpaired) electrons. The molecule has 0 unspecified atom stereocenters. The molecule has 2 rings (SSSR count). The van der Waals surface area contributed by atoms with E-state index in [9.17, 15) is 0 Å². The van der Waals surface area contributed by atoms with Crippen molar-refractivity contribution in [3.05, 3.63) is 62.4 Å². The smallest absolute Gasteiger partial charge is 0.220 e. The minimum atomic E-state index is -1.93. The van der Waals surface area contributed by atoms with Crippen LogP contribution in [0.4, 0.5) is 0 Å². The maximum atomic E-state index is 2.40. The van der Waals surface area contributed by atoms with Crippen LogP contribution >= 0.6 is 0 Å². The summed E-state index contributed by atoms with van der Waals surface area (Å²) in [5, 5.41) is 0. The second-order valence-corrected chi connectivity index (χ2v) is 9.10. The second kappa shape index (κ2) is 5.41. The van der Waals surface area contributed by atoms with Gasteiger partial charge in [0.1, 0.15) is 0 Å². The van der Waals surface area contributed by atoms with Crippen molar-refractivity contribution in [3.63, 3.8) is 0 Å². The normalized spacial score (nSPS) is 24.4. The summed E-state index contributed by atoms with van der Waals surface area (Å²) in [4.78, 5) is 0. The molecule has 17 heavy (non-hydrogen) atoms. The number of nitrogens with zero attached hydrogens (tertiary/aromatic N) is 2. The summed E-state index contributed by atoms with van der Waals surface area (Å²) in [5.74, 6) is 0. The average molecular weight is 244 g/mol. The van der Waals surface area contributed by atoms with Crippen LogP contribution in [-0.2, 0) is 0 Å². The molecule has 0 N–H and O–H groups in total. The Morgan fingerprint density at radius 3 is 1.18 bits per heavy atom. The summed E-state index contributed by atoms with van der Waals surface area (Å²) < 4.78 is 4.80. The zero-order valence-electron chi connectivity index (χ0n) is 11.0. The molecule has 2 aliphatic rings. The molecule has 0 amide bonds. The van der Waals surface area contributed by atoms with Crippen molar-refractivity contribution in [3.8, 4) is 0 Å². The number of rotatable bonds is 4. The highest BCUT2D eigenvalue weighted by Gasteiger charge is 2.54. The first kappa shape index (κ1) is 13.6. The van der Waals surface area contributed by atoms with E-state index >= 15 is 0 Å². The van der Waals surface area contributed by atoms with Crippen molar-refractivity contribution in [1.82, 2.24) is 9.13 Å². The van der Waals surface area contributed by atoms with Crippen molar-refractivity contribution in [2.45, 2.75) is 0 Å². The van der Waals surface area contributed by atoms with Gasteiger partial charge in [0, 0.05) is 11.1 Å². The van der Waals surface area contributed by atoms with E-state index in [2.05, 4.69) is 88.7 Å². The molecule has 0 atom stereocenters. The van der Waals surface area contributed by atoms with Crippen LogP contribution in [0, 0.1) is 62.4 Å². The maximum Gasteiger partial charge on any atom is 0.220 e. The minimum absolute atomic E-state index is 1.44. The van der Waals surface area contributed by atoms with Gasteiger partial charge in [0.25, 0.3) is 0 Å². The second-order valence-electron chi connectivity index (χ2n) is 4.81. The summed E-state index contributed by atoms with van der Waals surface area (Å²) in [6, 6.07) is 0. The van der Waals surface area contributed by atoms with Crippen molar-refractivity contribution >= 4 is 8.40 Å². The molecule has 0 saturated heterocycles. The van der Waals surface area contributed by atoms with Gasteiger partial charge in [-0.25, -0.2) is 0 Å². The van der Waals surface area contributed by atoms with Crippen LogP contribution < -0.4 is 0 Å². The highest BCUT2D eigenvalue weighted by atomic mass is 28.4. The molecule has 0 spiro atoms. The van der Waals surface area contributed by atoms with Crippen LogP contribution in [0.2, 0.25) is 0 Å². The number of hydrogen-bond acceptors (Lipinski definition) is 2. The van der Waals surface area contributed by atoms with Gasteiger partial charge in [-0.15, -0.1) is 0 Å². The van der Waals surface area contributed by atoms with Crippen LogP contribution in [-0.4, -0.2) is 45.7 Å². The zero-order chi connectivity index (χ0) is 12.5. The van der Waals surface area contributed by atoms with Crippen LogP contribution in [0.15, 0.2) is 0 Å². The lowest BCUT2D eigenvalue weighted by molar-refractivity contribution is 0.487. The fourth-order valence-electron chi connectivity index (χ4n) is 2.81. The van der Waals surface area contributed by atoms with E-state index in [0.717, 1.165) is 0 Å². The molecule has 2 fully saturated rings. The molecule has 90 valence electrons. The molecule has 0 heterocycles. The Labute approximate surface area is 109 Å². The fraction of sp³-hybridized carbons (Fsp3) is 0.286. The molecule has 2 saturated carbocycles. The summed E-state index contributed by atoms with van der Waals surface area (Å²) in [6.07, 6.45) is 17.5. The molecule has 2 aliphatic carbocycles. The fourth-order valence-corrected chi connectivity index (χ4v) is 7.33. The standard InChI is InChI=1S/C14H20N2Si/c1-15(2)17(16(3)4,13-9-5-6-10-13)14-11-7-8-12-14/h5-12H,1-4H3. The van der Waals surface area contributed by atoms with Crippen LogP contribution in [0.3, 0.4) is 0 Å². The molecule has 0 aromatic rings. The lowest BCUT2D eigenvalue weighted by Crippen LogP contribution is -2.68. The Hall–Kier alpha value is 0.137. The minimum Gasteiger partial charge on any atom is -0.316 e. The van der Waals surface area contributed by atoms with Gasteiger partial charge in [-0.05, 0) is 79.6 Å². The van der Waals surface area contributed by atoms with Gasteiger partial charge in [-0.2, -0.15) is 0 Å². The maximum absolute atomic E-state index is 2.40. The molecule has 3 heteroatoms. The van der Waals surface area contributed by atoms with Crippen molar-refractivity contribution in [2.75, 3.05) is 28.2 Å². The van der Waals surface area contributed by atoms with E-state index in [4.69, 9.17) is 0 Å². The highest BCUT2D eigenvalue weighted by Crippen LogP contribution is 2.44. The van der Waals surface area contributed by atoms with Gasteiger partial charge >= 0.3 is 0 Å². The summed E-state index contributed by atoms with van der Waals surface area (Å²) in [7, 11) is 6.82. The predicted octanol–water partition coefficient (Wildman–Crippen LogP) is 1.44. The van der Waals surface area contributed by atoms with Gasteiger partial charge in [-0.1, -0.05) is 0 Å². The van der Waals surface area contributed by atoms with Gasteiger partial charge in [-0.3, -0.25) is 0 Å². The third-order valence-electron chi connectivity index (χ3n) is 3.42. The van der Waals surface area contributed by atoms with Crippen LogP contribution in [0.25, 0.3) is 0 Å². The van der Waals surface area contributed by atoms with E-state index in [1.54, 1.807) is 0 Å². The third kappa shape index (κ3) is 2.22. The molecule has 2 nitrogen and oxygen atoms in total. The van der Waals surface area contributed by atoms with E-state index in [-0.39, 0.29) is 0 Å². The molecular formula is C14H20N2Si. The third-order valence-corrected chi connectivity index (χ3v) is 8.29. The Bertz CT molecular complexity index is 215. The topological polar surface area (TPSA) is 6.48 Å².